The number of allylic oxidation sites excluding steroid dienone is 2. The van der Waals surface area contributed by atoms with Gasteiger partial charge in [-0.05, 0) is 84.3 Å². The third-order valence-electron chi connectivity index (χ3n) is 7.81. The van der Waals surface area contributed by atoms with Crippen molar-refractivity contribution in [3.63, 3.8) is 0 Å². The Morgan fingerprint density at radius 3 is 2.37 bits per heavy atom. The fraction of sp³-hybridized carbons (Fsp3) is 0.548. The van der Waals surface area contributed by atoms with Crippen LogP contribution in [0.25, 0.3) is 5.57 Å². The van der Waals surface area contributed by atoms with Crippen molar-refractivity contribution in [1.29, 1.82) is 0 Å². The van der Waals surface area contributed by atoms with Gasteiger partial charge >= 0.3 is 0 Å². The number of benzene rings is 1. The average molecular weight is 566 g/mol. The fourth-order valence-electron chi connectivity index (χ4n) is 5.32. The molecule has 0 atom stereocenters. The number of carbonyl (C=O) groups excluding carboxylic acids is 3. The molecule has 0 spiro atoms. The second-order valence-corrected chi connectivity index (χ2v) is 11.0. The summed E-state index contributed by atoms with van der Waals surface area (Å²) in [4.78, 5) is 40.1. The Morgan fingerprint density at radius 2 is 1.83 bits per heavy atom. The molecule has 4 rings (SSSR count). The lowest BCUT2D eigenvalue weighted by Gasteiger charge is -2.34. The number of rotatable bonds is 11. The number of likely N-dealkylation sites (tertiary alicyclic amines) is 2. The van der Waals surface area contributed by atoms with Crippen molar-refractivity contribution in [2.75, 3.05) is 57.5 Å². The van der Waals surface area contributed by atoms with Crippen LogP contribution in [0.1, 0.15) is 74.8 Å². The maximum Gasteiger partial charge on any atom is 0.251 e. The topological polar surface area (TPSA) is 112 Å². The number of nitrogens with zero attached hydrogens (tertiary/aromatic N) is 4. The van der Waals surface area contributed by atoms with Crippen molar-refractivity contribution in [2.24, 2.45) is 0 Å². The Morgan fingerprint density at radius 1 is 1.12 bits per heavy atom. The molecule has 0 radical (unpaired) electrons. The maximum atomic E-state index is 12.4. The second-order valence-electron chi connectivity index (χ2n) is 11.0. The van der Waals surface area contributed by atoms with Gasteiger partial charge in [0, 0.05) is 60.5 Å². The van der Waals surface area contributed by atoms with Crippen LogP contribution in [-0.4, -0.2) is 90.9 Å². The predicted octanol–water partition coefficient (Wildman–Crippen LogP) is 4.04. The maximum absolute atomic E-state index is 12.4. The van der Waals surface area contributed by atoms with Crippen molar-refractivity contribution >= 4 is 35.4 Å². The van der Waals surface area contributed by atoms with Crippen LogP contribution < -0.4 is 16.0 Å². The number of anilines is 2. The minimum absolute atomic E-state index is 0.0689. The lowest BCUT2D eigenvalue weighted by molar-refractivity contribution is -0.107. The number of hydrogen-bond donors (Lipinski definition) is 3. The molecule has 2 fully saturated rings. The van der Waals surface area contributed by atoms with Crippen molar-refractivity contribution in [1.82, 2.24) is 24.9 Å². The van der Waals surface area contributed by atoms with Gasteiger partial charge in [-0.25, -0.2) is 0 Å². The Labute approximate surface area is 244 Å². The van der Waals surface area contributed by atoms with Gasteiger partial charge in [-0.3, -0.25) is 14.3 Å². The van der Waals surface area contributed by atoms with Gasteiger partial charge in [0.2, 0.25) is 0 Å². The van der Waals surface area contributed by atoms with E-state index in [4.69, 9.17) is 0 Å². The summed E-state index contributed by atoms with van der Waals surface area (Å²) in [6.45, 7) is 11.1. The monoisotopic (exact) mass is 565 g/mol. The summed E-state index contributed by atoms with van der Waals surface area (Å²) in [6.07, 6.45) is 10.7. The fourth-order valence-corrected chi connectivity index (χ4v) is 5.32. The lowest BCUT2D eigenvalue weighted by atomic mass is 9.98. The van der Waals surface area contributed by atoms with E-state index >= 15 is 0 Å². The van der Waals surface area contributed by atoms with Crippen LogP contribution in [0, 0.1) is 0 Å². The van der Waals surface area contributed by atoms with Crippen LogP contribution in [0.15, 0.2) is 36.3 Å². The molecule has 1 aromatic carbocycles. The molecule has 1 aromatic heterocycles. The van der Waals surface area contributed by atoms with Gasteiger partial charge in [-0.2, -0.15) is 5.10 Å². The van der Waals surface area contributed by atoms with Crippen molar-refractivity contribution in [3.8, 4) is 0 Å². The smallest absolute Gasteiger partial charge is 0.251 e. The Balaban J connectivity index is 0.000000681. The lowest BCUT2D eigenvalue weighted by Crippen LogP contribution is -2.39. The van der Waals surface area contributed by atoms with E-state index in [0.29, 0.717) is 41.5 Å². The van der Waals surface area contributed by atoms with Crippen LogP contribution in [0.2, 0.25) is 0 Å². The van der Waals surface area contributed by atoms with E-state index < -0.39 is 0 Å². The molecular weight excluding hydrogens is 518 g/mol. The summed E-state index contributed by atoms with van der Waals surface area (Å²) in [5.41, 5.74) is 3.71. The van der Waals surface area contributed by atoms with Crippen LogP contribution in [0.5, 0.6) is 0 Å². The summed E-state index contributed by atoms with van der Waals surface area (Å²) in [6, 6.07) is 5.99. The minimum Gasteiger partial charge on any atom is -0.388 e. The zero-order chi connectivity index (χ0) is 29.8. The Hall–Kier alpha value is -3.50. The predicted molar refractivity (Wildman–Crippen MR) is 165 cm³/mol. The number of piperidine rings is 1. The van der Waals surface area contributed by atoms with Gasteiger partial charge in [0.05, 0.1) is 24.5 Å². The molecule has 2 aliphatic heterocycles. The number of nitrogens with one attached hydrogen (secondary N) is 3. The molecule has 0 bridgehead atoms. The summed E-state index contributed by atoms with van der Waals surface area (Å²) in [5, 5.41) is 13.6. The molecule has 3 heterocycles. The number of aldehydes is 2. The molecule has 0 saturated carbocycles. The Bertz CT molecular complexity index is 1180. The first-order chi connectivity index (χ1) is 19.8. The quantitative estimate of drug-likeness (QED) is 0.277. The molecule has 3 N–H and O–H groups in total. The standard InChI is InChI=1S/C26H36N6O3.C5H11N/c1-5-24(30-20-15-29-32(16-20)21-8-11-31(12-9-21)18(2)3)23(17-34)22-14-19(6-7-25(22)27-4)26(35)28-10-13-33;1-6-4-2-3-5-6/h6-7,13-18,21,27,30H,5,8-12H2,1-4H3,(H,28,35);2-5H2,1H3/b24-23+;. The first-order valence-electron chi connectivity index (χ1n) is 14.8. The Kier molecular flexibility index (Phi) is 12.6. The van der Waals surface area contributed by atoms with E-state index in [2.05, 4.69) is 51.7 Å². The largest absolute Gasteiger partial charge is 0.388 e. The number of aromatic nitrogens is 2. The number of amides is 1. The molecule has 10 nitrogen and oxygen atoms in total. The molecule has 0 unspecified atom stereocenters. The van der Waals surface area contributed by atoms with Crippen LogP contribution in [0.4, 0.5) is 11.4 Å². The highest BCUT2D eigenvalue weighted by molar-refractivity contribution is 6.12. The SMILES string of the molecule is CC/C(Nc1cnn(C2CCN(C(C)C)CC2)c1)=C(/C=O)c1cc(C(=O)NCC=O)ccc1NC.CN1CCCC1. The molecule has 10 heteroatoms. The zero-order valence-corrected chi connectivity index (χ0v) is 25.3. The second kappa shape index (κ2) is 16.1. The van der Waals surface area contributed by atoms with Crippen LogP contribution in [0.3, 0.4) is 0 Å². The zero-order valence-electron chi connectivity index (χ0n) is 25.3. The van der Waals surface area contributed by atoms with E-state index in [-0.39, 0.29) is 12.5 Å². The number of carbonyl (C=O) groups is 3. The minimum atomic E-state index is -0.373. The van der Waals surface area contributed by atoms with Gasteiger partial charge in [0.1, 0.15) is 6.29 Å². The van der Waals surface area contributed by atoms with Crippen molar-refractivity contribution < 1.29 is 14.4 Å². The third kappa shape index (κ3) is 8.99. The summed E-state index contributed by atoms with van der Waals surface area (Å²) in [7, 11) is 3.94. The first kappa shape index (κ1) is 32.0. The van der Waals surface area contributed by atoms with Gasteiger partial charge in [0.15, 0.2) is 6.29 Å². The molecular formula is C31H47N7O3. The van der Waals surface area contributed by atoms with E-state index in [1.807, 2.05) is 17.8 Å². The average Bonchev–Trinajstić information content (AvgIpc) is 3.67. The van der Waals surface area contributed by atoms with Gasteiger partial charge < -0.3 is 30.5 Å². The van der Waals surface area contributed by atoms with Gasteiger partial charge in [-0.15, -0.1) is 0 Å². The normalized spacial score (nSPS) is 16.9. The van der Waals surface area contributed by atoms with Crippen molar-refractivity contribution in [2.45, 2.75) is 65.0 Å². The number of hydrogen-bond acceptors (Lipinski definition) is 8. The van der Waals surface area contributed by atoms with E-state index in [0.717, 1.165) is 49.3 Å². The van der Waals surface area contributed by atoms with Gasteiger partial charge in [0.25, 0.3) is 5.91 Å². The molecule has 0 aliphatic carbocycles. The molecule has 2 saturated heterocycles. The molecule has 2 aromatic rings. The highest BCUT2D eigenvalue weighted by atomic mass is 16.2. The molecule has 224 valence electrons. The summed E-state index contributed by atoms with van der Waals surface area (Å²) in [5.74, 6) is -0.373. The van der Waals surface area contributed by atoms with Crippen molar-refractivity contribution in [3.05, 3.63) is 47.4 Å². The van der Waals surface area contributed by atoms with Crippen LogP contribution in [-0.2, 0) is 9.59 Å². The molecule has 1 amide bonds. The van der Waals surface area contributed by atoms with Crippen LogP contribution >= 0.6 is 0 Å². The molecule has 41 heavy (non-hydrogen) atoms. The van der Waals surface area contributed by atoms with E-state index in [1.54, 1.807) is 31.4 Å². The summed E-state index contributed by atoms with van der Waals surface area (Å²) >= 11 is 0. The first-order valence-corrected chi connectivity index (χ1v) is 14.8. The van der Waals surface area contributed by atoms with E-state index in [9.17, 15) is 14.4 Å². The van der Waals surface area contributed by atoms with Gasteiger partial charge in [-0.1, -0.05) is 6.92 Å². The molecule has 2 aliphatic rings. The third-order valence-corrected chi connectivity index (χ3v) is 7.81. The highest BCUT2D eigenvalue weighted by Gasteiger charge is 2.23. The summed E-state index contributed by atoms with van der Waals surface area (Å²) < 4.78 is 2.02. The highest BCUT2D eigenvalue weighted by Crippen LogP contribution is 2.29. The van der Waals surface area contributed by atoms with E-state index in [1.165, 1.54) is 25.9 Å².